The Bertz CT molecular complexity index is 6000. The van der Waals surface area contributed by atoms with E-state index in [9.17, 15) is 4.79 Å². The number of aromatic nitrogens is 3. The highest BCUT2D eigenvalue weighted by Gasteiger charge is 2.66. The van der Waals surface area contributed by atoms with E-state index in [1.807, 2.05) is 6.20 Å². The molecular weight excluding hydrogens is 1760 g/mol. The van der Waals surface area contributed by atoms with Gasteiger partial charge in [0.2, 0.25) is 5.91 Å². The lowest BCUT2D eigenvalue weighted by Crippen LogP contribution is -2.56. The van der Waals surface area contributed by atoms with Crippen LogP contribution in [0.15, 0.2) is 188 Å². The highest BCUT2D eigenvalue weighted by atomic mass is 16.2. The SMILES string of the molecule is C.CC(C)(C)C.CC(C)(C)N[C@H]1CC[C@@]2(C)[C@@H](CC[C@@H]3[C@@H]2CC[C@]2(C)C(c4ccc5ccccc5c4)=CC[C@@H]32)C1.CC(C)(C)N[C@H]1CC[C@@]2(C)[C@@H](CC[C@@H]3[C@@H]2CC[C@]2(C)[C@@H](c4ccc5ccccc5c4)CC[C@@H]32)C1.CN(C(=O)C(C)(C)C)[C@H]1CC[C@@]2(C)[C@@H](CC[C@@H]3[C@@H]2CC[C@]2(C)[C@@H](c4ccc5ccccc5c4)CC[C@@H]32)C1.C[C@]12CC[C@H](n3ccnn3)C[C@@H]1CC[C@@H]1[C@@H]2CC[C@]2(C)[C@@H](c3ccc4ccccc4c3)CC[C@@H]12. The van der Waals surface area contributed by atoms with E-state index in [1.54, 1.807) is 22.3 Å². The van der Waals surface area contributed by atoms with Crippen molar-refractivity contribution in [2.75, 3.05) is 7.05 Å². The van der Waals surface area contributed by atoms with Gasteiger partial charge in [-0.3, -0.25) is 4.79 Å². The minimum atomic E-state index is -0.287. The second-order valence-corrected chi connectivity index (χ2v) is 59.0. The number of fused-ring (bicyclic) bond motifs is 24. The Morgan fingerprint density at radius 1 is 0.345 bits per heavy atom. The fraction of sp³-hybridized carbons (Fsp3) is 0.674. The van der Waals surface area contributed by atoms with Gasteiger partial charge in [-0.15, -0.1) is 5.10 Å². The summed E-state index contributed by atoms with van der Waals surface area (Å²) >= 11 is 0. The van der Waals surface area contributed by atoms with Crippen molar-refractivity contribution in [3.8, 4) is 0 Å². The van der Waals surface area contributed by atoms with Gasteiger partial charge >= 0.3 is 0 Å². The molecule has 0 bridgehead atoms. The predicted molar refractivity (Wildman–Crippen MR) is 615 cm³/mol. The fourth-order valence-electron chi connectivity index (χ4n) is 39.5. The minimum absolute atomic E-state index is 0. The maximum atomic E-state index is 13.0. The van der Waals surface area contributed by atoms with E-state index >= 15 is 0 Å². The van der Waals surface area contributed by atoms with Crippen LogP contribution in [0.2, 0.25) is 0 Å². The van der Waals surface area contributed by atoms with Crippen LogP contribution < -0.4 is 10.6 Å². The standard InChI is InChI=1S/C35H49NO.C33H47N.C33H45N.C31H39N3.C5H12.CH4/c1-33(2,3)32(37)36(6)27-17-19-34(4)26(22-27)13-14-28-30-16-15-29(35(30,5)20-18-31(28)34)25-12-11-23-9-7-8-10-24(23)21-25;2*1-31(2,3)34-26-16-18-32(4)25(21-26)12-13-27-29-15-14-28(33(29,5)19-17-30(27)32)24-11-10-22-8-6-7-9-23(22)20-24;1-30-15-13-25(34-18-17-32-33-34)20-24(30)9-10-26-28-12-11-27(31(28,2)16-14-29(26)30)23-8-7-21-5-3-4-6-22(21)19-23;1-5(2,3)4;/h7-12,21,26-31H,13-20,22H2,1-6H3;6-11,20,25-30,34H,12-19,21H2,1-5H3;6-11,14,20,25-27,29-30,34H,12-13,15-19,21H2,1-5H3;3-8,17-19,24-29H,9-16,20H2,1-2H3;1-4H3;1H4/t26-,27-,28-,29+,30-,31-,34-,35+;25-,26-,27-,28+,29-,30-,32-,33+;25-,26-,27-,29-,30-,32-,33+;24-,25-,26-,27+,28-,29-,30-,31+;;/m0000../s1. The molecule has 0 saturated heterocycles. The van der Waals surface area contributed by atoms with Gasteiger partial charge in [0.1, 0.15) is 0 Å². The average Bonchev–Trinajstić information content (AvgIpc) is 1.63. The van der Waals surface area contributed by atoms with Gasteiger partial charge in [-0.2, -0.15) is 0 Å². The fourth-order valence-corrected chi connectivity index (χ4v) is 39.5. The second kappa shape index (κ2) is 39.9. The summed E-state index contributed by atoms with van der Waals surface area (Å²) in [5.41, 5.74) is 12.6. The number of amides is 1. The maximum Gasteiger partial charge on any atom is 0.227 e. The molecule has 0 unspecified atom stereocenters. The molecule has 31 atom stereocenters. The first-order valence-corrected chi connectivity index (χ1v) is 59.8. The van der Waals surface area contributed by atoms with Crippen LogP contribution in [-0.2, 0) is 4.79 Å². The number of carbonyl (C=O) groups is 1. The number of nitrogens with zero attached hydrogens (tertiary/aromatic N) is 4. The van der Waals surface area contributed by atoms with Crippen molar-refractivity contribution in [2.45, 2.75) is 431 Å². The first-order valence-electron chi connectivity index (χ1n) is 59.8. The van der Waals surface area contributed by atoms with Crippen LogP contribution >= 0.6 is 0 Å². The van der Waals surface area contributed by atoms with Gasteiger partial charge in [0.25, 0.3) is 0 Å². The van der Waals surface area contributed by atoms with E-state index in [-0.39, 0.29) is 23.9 Å². The molecule has 1 amide bonds. The predicted octanol–water partition coefficient (Wildman–Crippen LogP) is 36.7. The Morgan fingerprint density at radius 3 is 1.06 bits per heavy atom. The maximum absolute atomic E-state index is 13.0. The van der Waals surface area contributed by atoms with Gasteiger partial charge in [-0.1, -0.05) is 286 Å². The zero-order valence-corrected chi connectivity index (χ0v) is 94.1. The lowest BCUT2D eigenvalue weighted by atomic mass is 9.44. The minimum Gasteiger partial charge on any atom is -0.342 e. The summed E-state index contributed by atoms with van der Waals surface area (Å²) in [5, 5.41) is 27.5. The number of carbonyl (C=O) groups excluding carboxylic acids is 1. The van der Waals surface area contributed by atoms with Crippen molar-refractivity contribution in [2.24, 2.45) is 149 Å². The molecular formula is C138H196N6O. The molecule has 25 rings (SSSR count). The molecule has 16 aliphatic rings. The monoisotopic (exact) mass is 1950 g/mol. The third kappa shape index (κ3) is 19.7. The number of nitrogens with one attached hydrogen (secondary N) is 2. The Labute approximate surface area is 880 Å². The Balaban J connectivity index is 0.000000116. The number of allylic oxidation sites excluding steroid dienone is 2. The number of hydrogen-bond acceptors (Lipinski definition) is 5. The third-order valence-corrected chi connectivity index (χ3v) is 46.4. The molecule has 1 aromatic heterocycles. The van der Waals surface area contributed by atoms with Crippen molar-refractivity contribution in [1.29, 1.82) is 0 Å². The largest absolute Gasteiger partial charge is 0.342 e. The molecule has 9 aromatic rings. The quantitative estimate of drug-likeness (QED) is 0.159. The van der Waals surface area contributed by atoms with E-state index in [4.69, 9.17) is 0 Å². The first kappa shape index (κ1) is 105. The van der Waals surface area contributed by atoms with Gasteiger partial charge < -0.3 is 15.5 Å². The van der Waals surface area contributed by atoms with Crippen molar-refractivity contribution in [3.63, 3.8) is 0 Å². The highest BCUT2D eigenvalue weighted by molar-refractivity contribution is 5.88. The Kier molecular flexibility index (Phi) is 29.0. The normalized spacial score (nSPS) is 39.5. The summed E-state index contributed by atoms with van der Waals surface area (Å²) in [5.74, 6) is 17.0. The van der Waals surface area contributed by atoms with Crippen LogP contribution in [0.4, 0.5) is 0 Å². The molecule has 1 heterocycles. The van der Waals surface area contributed by atoms with Gasteiger partial charge in [0.15, 0.2) is 0 Å². The van der Waals surface area contributed by atoms with Gasteiger partial charge in [0.05, 0.1) is 12.2 Å². The van der Waals surface area contributed by atoms with Crippen LogP contribution in [-0.4, -0.2) is 62.1 Å². The Hall–Kier alpha value is -6.93. The number of benzene rings is 8. The molecule has 15 fully saturated rings. The smallest absolute Gasteiger partial charge is 0.227 e. The molecule has 8 aromatic carbocycles. The van der Waals surface area contributed by atoms with Gasteiger partial charge in [-0.05, 0) is 504 Å². The molecule has 7 heteroatoms. The summed E-state index contributed by atoms with van der Waals surface area (Å²) in [6.07, 6.45) is 55.5. The summed E-state index contributed by atoms with van der Waals surface area (Å²) < 4.78 is 2.15. The molecule has 16 aliphatic carbocycles. The van der Waals surface area contributed by atoms with E-state index in [0.29, 0.717) is 72.6 Å². The van der Waals surface area contributed by atoms with E-state index in [0.717, 1.165) is 119 Å². The van der Waals surface area contributed by atoms with Crippen LogP contribution in [0.5, 0.6) is 0 Å². The zero-order valence-electron chi connectivity index (χ0n) is 94.1. The van der Waals surface area contributed by atoms with Crippen molar-refractivity contribution in [3.05, 3.63) is 211 Å². The topological polar surface area (TPSA) is 75.1 Å². The molecule has 784 valence electrons. The zero-order chi connectivity index (χ0) is 101. The van der Waals surface area contributed by atoms with Crippen LogP contribution in [0.25, 0.3) is 48.7 Å². The molecule has 15 saturated carbocycles. The van der Waals surface area contributed by atoms with Crippen molar-refractivity contribution in [1.82, 2.24) is 30.5 Å². The van der Waals surface area contributed by atoms with Crippen LogP contribution in [0.3, 0.4) is 0 Å². The van der Waals surface area contributed by atoms with Crippen molar-refractivity contribution < 1.29 is 4.79 Å². The van der Waals surface area contributed by atoms with E-state index in [1.165, 1.54) is 273 Å². The summed E-state index contributed by atoms with van der Waals surface area (Å²) in [4.78, 5) is 15.2. The average molecular weight is 1960 g/mol. The molecule has 145 heavy (non-hydrogen) atoms. The Morgan fingerprint density at radius 2 is 0.676 bits per heavy atom. The third-order valence-electron chi connectivity index (χ3n) is 46.4. The lowest BCUT2D eigenvalue weighted by molar-refractivity contribution is -0.146. The molecule has 0 aliphatic heterocycles. The first-order chi connectivity index (χ1) is 68.4. The number of hydrogen-bond donors (Lipinski definition) is 2. The summed E-state index contributed by atoms with van der Waals surface area (Å²) in [6, 6.07) is 67.2. The second-order valence-electron chi connectivity index (χ2n) is 59.0. The summed E-state index contributed by atoms with van der Waals surface area (Å²) in [6.45, 7) is 50.4. The van der Waals surface area contributed by atoms with E-state index in [2.05, 4.69) is 365 Å². The van der Waals surface area contributed by atoms with Crippen LogP contribution in [0, 0.1) is 149 Å². The molecule has 0 radical (unpaired) electrons. The molecule has 2 N–H and O–H groups in total. The molecule has 7 nitrogen and oxygen atoms in total. The lowest BCUT2D eigenvalue weighted by Gasteiger charge is -2.61. The van der Waals surface area contributed by atoms with Crippen LogP contribution in [0.1, 0.15) is 424 Å². The van der Waals surface area contributed by atoms with E-state index < -0.39 is 0 Å². The highest BCUT2D eigenvalue weighted by Crippen LogP contribution is 2.75. The van der Waals surface area contributed by atoms with Gasteiger partial charge in [-0.25, -0.2) is 4.68 Å². The molecule has 0 spiro atoms. The van der Waals surface area contributed by atoms with Gasteiger partial charge in [0, 0.05) is 47.9 Å². The number of rotatable bonds is 8. The van der Waals surface area contributed by atoms with Crippen molar-refractivity contribution >= 4 is 54.6 Å². The summed E-state index contributed by atoms with van der Waals surface area (Å²) in [7, 11) is 2.07.